The second-order valence-electron chi connectivity index (χ2n) is 3.54. The first kappa shape index (κ1) is 15.8. The third-order valence-corrected chi connectivity index (χ3v) is 3.54. The van der Waals surface area contributed by atoms with Gasteiger partial charge in [0.15, 0.2) is 0 Å². The number of benzene rings is 1. The van der Waals surface area contributed by atoms with E-state index in [-0.39, 0.29) is 6.10 Å². The maximum Gasteiger partial charge on any atom is 0.135 e. The highest BCUT2D eigenvalue weighted by Gasteiger charge is 2.11. The third kappa shape index (κ3) is 4.42. The van der Waals surface area contributed by atoms with E-state index in [0.29, 0.717) is 19.8 Å². The van der Waals surface area contributed by atoms with Crippen molar-refractivity contribution in [2.24, 2.45) is 5.73 Å². The van der Waals surface area contributed by atoms with Gasteiger partial charge in [0.25, 0.3) is 0 Å². The molecular weight excluding hydrogens is 366 g/mol. The number of rotatable bonds is 7. The molecule has 0 aliphatic carbocycles. The minimum Gasteiger partial charge on any atom is -0.496 e. The first-order chi connectivity index (χ1) is 8.62. The van der Waals surface area contributed by atoms with E-state index in [2.05, 4.69) is 31.9 Å². The Morgan fingerprint density at radius 3 is 2.39 bits per heavy atom. The third-order valence-electron chi connectivity index (χ3n) is 2.30. The van der Waals surface area contributed by atoms with Gasteiger partial charge in [0.05, 0.1) is 16.1 Å². The highest BCUT2D eigenvalue weighted by molar-refractivity contribution is 9.11. The normalized spacial score (nSPS) is 12.3. The summed E-state index contributed by atoms with van der Waals surface area (Å²) in [5, 5.41) is 0. The summed E-state index contributed by atoms with van der Waals surface area (Å²) < 4.78 is 18.0. The quantitative estimate of drug-likeness (QED) is 0.787. The molecule has 0 saturated heterocycles. The van der Waals surface area contributed by atoms with Gasteiger partial charge in [-0.2, -0.15) is 0 Å². The Labute approximate surface area is 124 Å². The minimum atomic E-state index is -0.0947. The van der Waals surface area contributed by atoms with E-state index >= 15 is 0 Å². The predicted molar refractivity (Wildman–Crippen MR) is 78.4 cm³/mol. The van der Waals surface area contributed by atoms with Gasteiger partial charge in [-0.25, -0.2) is 0 Å². The molecule has 0 spiro atoms. The van der Waals surface area contributed by atoms with Gasteiger partial charge in [-0.3, -0.25) is 0 Å². The fraction of sp³-hybridized carbons (Fsp3) is 0.500. The zero-order chi connectivity index (χ0) is 13.5. The molecule has 1 unspecified atom stereocenters. The first-order valence-electron chi connectivity index (χ1n) is 5.59. The summed E-state index contributed by atoms with van der Waals surface area (Å²) in [6.07, 6.45) is -0.0947. The molecule has 0 aliphatic rings. The molecule has 2 N–H and O–H groups in total. The molecule has 0 fully saturated rings. The van der Waals surface area contributed by atoms with Crippen LogP contribution in [0.1, 0.15) is 6.92 Å². The van der Waals surface area contributed by atoms with Gasteiger partial charge in [0.2, 0.25) is 0 Å². The maximum absolute atomic E-state index is 5.69. The van der Waals surface area contributed by atoms with Crippen LogP contribution in [0.25, 0.3) is 0 Å². The van der Waals surface area contributed by atoms with Gasteiger partial charge in [0.1, 0.15) is 24.2 Å². The molecule has 6 heteroatoms. The van der Waals surface area contributed by atoms with Crippen LogP contribution in [0.2, 0.25) is 0 Å². The number of halogens is 2. The zero-order valence-electron chi connectivity index (χ0n) is 10.4. The topological polar surface area (TPSA) is 53.7 Å². The van der Waals surface area contributed by atoms with Crippen molar-refractivity contribution in [3.8, 4) is 11.5 Å². The molecule has 1 aromatic rings. The second kappa shape index (κ2) is 7.99. The van der Waals surface area contributed by atoms with Crippen LogP contribution in [-0.4, -0.2) is 33.0 Å². The molecule has 0 radical (unpaired) electrons. The van der Waals surface area contributed by atoms with E-state index in [9.17, 15) is 0 Å². The van der Waals surface area contributed by atoms with Crippen molar-refractivity contribution in [1.29, 1.82) is 0 Å². The van der Waals surface area contributed by atoms with Crippen LogP contribution in [0.4, 0.5) is 0 Å². The second-order valence-corrected chi connectivity index (χ2v) is 5.25. The van der Waals surface area contributed by atoms with Crippen molar-refractivity contribution in [1.82, 2.24) is 0 Å². The lowest BCUT2D eigenvalue weighted by Gasteiger charge is -2.17. The molecule has 0 aromatic heterocycles. The number of nitrogens with two attached hydrogens (primary N) is 1. The van der Waals surface area contributed by atoms with E-state index in [1.165, 1.54) is 0 Å². The average Bonchev–Trinajstić information content (AvgIpc) is 2.37. The van der Waals surface area contributed by atoms with Crippen molar-refractivity contribution in [2.75, 3.05) is 26.9 Å². The van der Waals surface area contributed by atoms with Crippen molar-refractivity contribution >= 4 is 31.9 Å². The van der Waals surface area contributed by atoms with Gasteiger partial charge >= 0.3 is 0 Å². The molecular formula is C12H17Br2NO3. The van der Waals surface area contributed by atoms with E-state index in [4.69, 9.17) is 19.9 Å². The maximum atomic E-state index is 5.69. The molecule has 1 atom stereocenters. The molecule has 0 bridgehead atoms. The summed E-state index contributed by atoms with van der Waals surface area (Å²) in [4.78, 5) is 0. The van der Waals surface area contributed by atoms with E-state index in [1.54, 1.807) is 7.11 Å². The van der Waals surface area contributed by atoms with Gasteiger partial charge in [-0.1, -0.05) is 0 Å². The van der Waals surface area contributed by atoms with Crippen molar-refractivity contribution in [3.63, 3.8) is 0 Å². The Bertz CT molecular complexity index is 388. The molecule has 0 aliphatic heterocycles. The van der Waals surface area contributed by atoms with Crippen LogP contribution < -0.4 is 15.2 Å². The summed E-state index contributed by atoms with van der Waals surface area (Å²) in [7, 11) is 1.62. The van der Waals surface area contributed by atoms with E-state index in [1.807, 2.05) is 19.1 Å². The van der Waals surface area contributed by atoms with Crippen LogP contribution in [-0.2, 0) is 4.74 Å². The highest BCUT2D eigenvalue weighted by Crippen LogP contribution is 2.36. The monoisotopic (exact) mass is 381 g/mol. The van der Waals surface area contributed by atoms with Gasteiger partial charge in [-0.15, -0.1) is 0 Å². The fourth-order valence-corrected chi connectivity index (χ4v) is 2.30. The number of hydrogen-bond acceptors (Lipinski definition) is 4. The summed E-state index contributed by atoms with van der Waals surface area (Å²) in [6, 6.07) is 3.69. The van der Waals surface area contributed by atoms with Crippen LogP contribution in [0.3, 0.4) is 0 Å². The summed E-state index contributed by atoms with van der Waals surface area (Å²) in [6.45, 7) is 3.41. The van der Waals surface area contributed by atoms with Crippen LogP contribution in [0.15, 0.2) is 21.1 Å². The smallest absolute Gasteiger partial charge is 0.135 e. The largest absolute Gasteiger partial charge is 0.496 e. The average molecular weight is 383 g/mol. The number of hydrogen-bond donors (Lipinski definition) is 1. The predicted octanol–water partition coefficient (Wildman–Crippen LogP) is 2.96. The lowest BCUT2D eigenvalue weighted by Crippen LogP contribution is -2.30. The summed E-state index contributed by atoms with van der Waals surface area (Å²) >= 11 is 6.85. The molecule has 0 heterocycles. The van der Waals surface area contributed by atoms with Crippen LogP contribution in [0, 0.1) is 0 Å². The lowest BCUT2D eigenvalue weighted by atomic mass is 10.3. The van der Waals surface area contributed by atoms with Crippen LogP contribution in [0.5, 0.6) is 11.5 Å². The summed E-state index contributed by atoms with van der Waals surface area (Å²) in [5.74, 6) is 1.47. The zero-order valence-corrected chi connectivity index (χ0v) is 13.6. The highest BCUT2D eigenvalue weighted by atomic mass is 79.9. The number of methoxy groups -OCH3 is 1. The molecule has 4 nitrogen and oxygen atoms in total. The lowest BCUT2D eigenvalue weighted by molar-refractivity contribution is 0.0334. The van der Waals surface area contributed by atoms with Crippen molar-refractivity contribution in [2.45, 2.75) is 13.0 Å². The standard InChI is InChI=1S/C12H17Br2NO3/c1-3-17-8(6-15)7-18-12-5-9(13)11(16-2)4-10(12)14/h4-5,8H,3,6-7,15H2,1-2H3. The Balaban J connectivity index is 2.70. The van der Waals surface area contributed by atoms with E-state index < -0.39 is 0 Å². The minimum absolute atomic E-state index is 0.0947. The van der Waals surface area contributed by atoms with Gasteiger partial charge < -0.3 is 19.9 Å². The SMILES string of the molecule is CCOC(CN)COc1cc(Br)c(OC)cc1Br. The van der Waals surface area contributed by atoms with E-state index in [0.717, 1.165) is 20.4 Å². The van der Waals surface area contributed by atoms with Crippen LogP contribution >= 0.6 is 31.9 Å². The first-order valence-corrected chi connectivity index (χ1v) is 7.18. The Morgan fingerprint density at radius 1 is 1.22 bits per heavy atom. The summed E-state index contributed by atoms with van der Waals surface area (Å²) in [5.41, 5.74) is 5.59. The Morgan fingerprint density at radius 2 is 1.83 bits per heavy atom. The van der Waals surface area contributed by atoms with Crippen molar-refractivity contribution in [3.05, 3.63) is 21.1 Å². The van der Waals surface area contributed by atoms with Gasteiger partial charge in [0, 0.05) is 13.2 Å². The van der Waals surface area contributed by atoms with Crippen molar-refractivity contribution < 1.29 is 14.2 Å². The molecule has 18 heavy (non-hydrogen) atoms. The Hall–Kier alpha value is -0.300. The molecule has 0 amide bonds. The molecule has 1 aromatic carbocycles. The van der Waals surface area contributed by atoms with Gasteiger partial charge in [-0.05, 0) is 50.9 Å². The fourth-order valence-electron chi connectivity index (χ4n) is 1.38. The Kier molecular flexibility index (Phi) is 6.99. The number of ether oxygens (including phenoxy) is 3. The molecule has 102 valence electrons. The molecule has 1 rings (SSSR count). The molecule has 0 saturated carbocycles.